The zero-order valence-corrected chi connectivity index (χ0v) is 14.2. The molecule has 1 amide bonds. The first kappa shape index (κ1) is 19.2. The third-order valence-corrected chi connectivity index (χ3v) is 4.42. The summed E-state index contributed by atoms with van der Waals surface area (Å²) < 4.78 is 5.44. The van der Waals surface area contributed by atoms with Crippen LogP contribution >= 0.6 is 24.0 Å². The second-order valence-electron chi connectivity index (χ2n) is 5.43. The number of rotatable bonds is 6. The molecular formula is C16H24Cl2N2O2. The smallest absolute Gasteiger partial charge is 0.230 e. The maximum Gasteiger partial charge on any atom is 0.230 e. The first-order valence-corrected chi connectivity index (χ1v) is 7.89. The van der Waals surface area contributed by atoms with Crippen LogP contribution in [0.2, 0.25) is 5.02 Å². The lowest BCUT2D eigenvalue weighted by molar-refractivity contribution is -0.130. The molecule has 1 aromatic rings. The van der Waals surface area contributed by atoms with Crippen molar-refractivity contribution in [3.8, 4) is 0 Å². The maximum atomic E-state index is 12.8. The number of carbonyl (C=O) groups is 1. The summed E-state index contributed by atoms with van der Waals surface area (Å²) in [6.07, 6.45) is 3.15. The van der Waals surface area contributed by atoms with Crippen LogP contribution < -0.4 is 11.1 Å². The summed E-state index contributed by atoms with van der Waals surface area (Å²) in [5, 5.41) is 3.69. The van der Waals surface area contributed by atoms with Crippen LogP contribution in [0.15, 0.2) is 24.3 Å². The molecule has 1 aliphatic rings. The predicted octanol–water partition coefficient (Wildman–Crippen LogP) is 2.67. The van der Waals surface area contributed by atoms with Crippen LogP contribution in [-0.2, 0) is 14.9 Å². The summed E-state index contributed by atoms with van der Waals surface area (Å²) in [4.78, 5) is 12.8. The van der Waals surface area contributed by atoms with E-state index in [1.807, 2.05) is 24.3 Å². The Labute approximate surface area is 143 Å². The van der Waals surface area contributed by atoms with Crippen LogP contribution in [0, 0.1) is 0 Å². The lowest BCUT2D eigenvalue weighted by Gasteiger charge is -2.36. The lowest BCUT2D eigenvalue weighted by Crippen LogP contribution is -2.48. The Morgan fingerprint density at radius 2 is 1.95 bits per heavy atom. The summed E-state index contributed by atoms with van der Waals surface area (Å²) in [6.45, 7) is 2.48. The van der Waals surface area contributed by atoms with E-state index in [1.165, 1.54) is 0 Å². The summed E-state index contributed by atoms with van der Waals surface area (Å²) in [5.41, 5.74) is 5.82. The molecule has 4 nitrogen and oxygen atoms in total. The van der Waals surface area contributed by atoms with Gasteiger partial charge in [-0.2, -0.15) is 0 Å². The molecule has 1 aliphatic heterocycles. The first-order valence-electron chi connectivity index (χ1n) is 7.52. The molecule has 0 unspecified atom stereocenters. The van der Waals surface area contributed by atoms with Crippen molar-refractivity contribution in [2.75, 3.05) is 26.3 Å². The quantitative estimate of drug-likeness (QED) is 0.778. The van der Waals surface area contributed by atoms with Crippen LogP contribution in [0.25, 0.3) is 0 Å². The van der Waals surface area contributed by atoms with E-state index in [4.69, 9.17) is 22.1 Å². The van der Waals surface area contributed by atoms with E-state index in [-0.39, 0.29) is 18.3 Å². The maximum absolute atomic E-state index is 12.8. The number of halogens is 2. The molecule has 0 bridgehead atoms. The Balaban J connectivity index is 0.00000242. The van der Waals surface area contributed by atoms with Gasteiger partial charge < -0.3 is 15.8 Å². The van der Waals surface area contributed by atoms with Gasteiger partial charge in [-0.3, -0.25) is 4.79 Å². The zero-order chi connectivity index (χ0) is 15.1. The minimum absolute atomic E-state index is 0. The second-order valence-corrected chi connectivity index (χ2v) is 5.83. The molecule has 3 N–H and O–H groups in total. The molecule has 0 aromatic heterocycles. The number of unbranched alkanes of at least 4 members (excludes halogenated alkanes) is 1. The van der Waals surface area contributed by atoms with Crippen molar-refractivity contribution in [3.05, 3.63) is 34.9 Å². The fourth-order valence-corrected chi connectivity index (χ4v) is 3.14. The van der Waals surface area contributed by atoms with Crippen LogP contribution in [0.4, 0.5) is 0 Å². The molecule has 0 atom stereocenters. The van der Waals surface area contributed by atoms with Crippen molar-refractivity contribution in [3.63, 3.8) is 0 Å². The van der Waals surface area contributed by atoms with E-state index in [0.717, 1.165) is 18.4 Å². The van der Waals surface area contributed by atoms with Crippen LogP contribution in [0.3, 0.4) is 0 Å². The van der Waals surface area contributed by atoms with Crippen molar-refractivity contribution in [1.82, 2.24) is 5.32 Å². The van der Waals surface area contributed by atoms with E-state index in [0.29, 0.717) is 44.2 Å². The molecule has 6 heteroatoms. The molecule has 1 saturated heterocycles. The molecule has 2 rings (SSSR count). The molecular weight excluding hydrogens is 323 g/mol. The third-order valence-electron chi connectivity index (χ3n) is 4.09. The number of hydrogen-bond acceptors (Lipinski definition) is 3. The van der Waals surface area contributed by atoms with E-state index in [9.17, 15) is 4.79 Å². The minimum atomic E-state index is -0.570. The Bertz CT molecular complexity index is 477. The van der Waals surface area contributed by atoms with E-state index in [1.54, 1.807) is 0 Å². The number of amides is 1. The number of benzene rings is 1. The van der Waals surface area contributed by atoms with Gasteiger partial charge in [0.2, 0.25) is 5.91 Å². The molecule has 0 aliphatic carbocycles. The van der Waals surface area contributed by atoms with E-state index < -0.39 is 5.41 Å². The second kappa shape index (κ2) is 9.36. The van der Waals surface area contributed by atoms with Gasteiger partial charge in [0.1, 0.15) is 0 Å². The summed E-state index contributed by atoms with van der Waals surface area (Å²) in [7, 11) is 0. The van der Waals surface area contributed by atoms with Gasteiger partial charge in [0, 0.05) is 24.8 Å². The molecule has 1 heterocycles. The highest BCUT2D eigenvalue weighted by molar-refractivity contribution is 6.31. The van der Waals surface area contributed by atoms with Crippen molar-refractivity contribution in [2.24, 2.45) is 5.73 Å². The number of nitrogens with two attached hydrogens (primary N) is 1. The van der Waals surface area contributed by atoms with Gasteiger partial charge in [-0.15, -0.1) is 12.4 Å². The fraction of sp³-hybridized carbons (Fsp3) is 0.562. The molecule has 0 radical (unpaired) electrons. The van der Waals surface area contributed by atoms with Crippen LogP contribution in [-0.4, -0.2) is 32.2 Å². The number of ether oxygens (including phenoxy) is 1. The highest BCUT2D eigenvalue weighted by atomic mass is 35.5. The molecule has 1 fully saturated rings. The average Bonchev–Trinajstić information content (AvgIpc) is 2.52. The minimum Gasteiger partial charge on any atom is -0.381 e. The van der Waals surface area contributed by atoms with Crippen molar-refractivity contribution >= 4 is 29.9 Å². The molecule has 1 aromatic carbocycles. The summed E-state index contributed by atoms with van der Waals surface area (Å²) in [5.74, 6) is 0.0518. The summed E-state index contributed by atoms with van der Waals surface area (Å²) >= 11 is 6.34. The van der Waals surface area contributed by atoms with E-state index in [2.05, 4.69) is 5.32 Å². The predicted molar refractivity (Wildman–Crippen MR) is 91.7 cm³/mol. The van der Waals surface area contributed by atoms with Crippen LogP contribution in [0.5, 0.6) is 0 Å². The highest BCUT2D eigenvalue weighted by Gasteiger charge is 2.42. The van der Waals surface area contributed by atoms with Crippen molar-refractivity contribution in [1.29, 1.82) is 0 Å². The monoisotopic (exact) mass is 346 g/mol. The number of carbonyl (C=O) groups excluding carboxylic acids is 1. The fourth-order valence-electron chi connectivity index (χ4n) is 2.83. The van der Waals surface area contributed by atoms with Gasteiger partial charge in [-0.1, -0.05) is 29.8 Å². The Morgan fingerprint density at radius 1 is 1.27 bits per heavy atom. The normalized spacial score (nSPS) is 16.6. The topological polar surface area (TPSA) is 64.3 Å². The highest BCUT2D eigenvalue weighted by Crippen LogP contribution is 2.38. The largest absolute Gasteiger partial charge is 0.381 e. The van der Waals surface area contributed by atoms with Crippen molar-refractivity contribution < 1.29 is 9.53 Å². The van der Waals surface area contributed by atoms with Gasteiger partial charge in [0.25, 0.3) is 0 Å². The van der Waals surface area contributed by atoms with Crippen molar-refractivity contribution in [2.45, 2.75) is 31.1 Å². The van der Waals surface area contributed by atoms with Gasteiger partial charge in [-0.05, 0) is 43.9 Å². The molecule has 124 valence electrons. The molecule has 0 saturated carbocycles. The Morgan fingerprint density at radius 3 is 2.59 bits per heavy atom. The summed E-state index contributed by atoms with van der Waals surface area (Å²) in [6, 6.07) is 7.61. The molecule has 22 heavy (non-hydrogen) atoms. The SMILES string of the molecule is Cl.NCCCCNC(=O)C1(c2ccccc2Cl)CCOCC1. The third kappa shape index (κ3) is 4.35. The van der Waals surface area contributed by atoms with Gasteiger partial charge in [0.15, 0.2) is 0 Å². The Hall–Kier alpha value is -0.810. The van der Waals surface area contributed by atoms with Gasteiger partial charge >= 0.3 is 0 Å². The lowest BCUT2D eigenvalue weighted by atomic mass is 9.73. The molecule has 0 spiro atoms. The number of hydrogen-bond donors (Lipinski definition) is 2. The van der Waals surface area contributed by atoms with Crippen LogP contribution in [0.1, 0.15) is 31.2 Å². The Kier molecular flexibility index (Phi) is 8.18. The first-order chi connectivity index (χ1) is 10.2. The average molecular weight is 347 g/mol. The standard InChI is InChI=1S/C16H23ClN2O2.ClH/c17-14-6-2-1-5-13(14)16(7-11-21-12-8-16)15(20)19-10-4-3-9-18;/h1-2,5-6H,3-4,7-12,18H2,(H,19,20);1H. The van der Waals surface area contributed by atoms with Gasteiger partial charge in [-0.25, -0.2) is 0 Å². The van der Waals surface area contributed by atoms with E-state index >= 15 is 0 Å². The number of nitrogens with one attached hydrogen (secondary N) is 1. The van der Waals surface area contributed by atoms with Gasteiger partial charge in [0.05, 0.1) is 5.41 Å². The zero-order valence-electron chi connectivity index (χ0n) is 12.6.